The fourth-order valence-corrected chi connectivity index (χ4v) is 2.74. The quantitative estimate of drug-likeness (QED) is 0.222. The molecule has 2 atom stereocenters. The van der Waals surface area contributed by atoms with Gasteiger partial charge in [0.25, 0.3) is 0 Å². The molecule has 0 aromatic heterocycles. The van der Waals surface area contributed by atoms with Crippen molar-refractivity contribution < 1.29 is 9.84 Å². The molecule has 3 heteroatoms. The van der Waals surface area contributed by atoms with Crippen molar-refractivity contribution in [1.82, 2.24) is 0 Å². The van der Waals surface area contributed by atoms with Crippen LogP contribution in [0.2, 0.25) is 0 Å². The monoisotopic (exact) mass is 318 g/mol. The number of hydrogen-bond donors (Lipinski definition) is 2. The summed E-state index contributed by atoms with van der Waals surface area (Å²) in [7, 11) is 0. The SMILES string of the molecule is CCCCCCCCCCCCC(C)C(O)(S)OCCC. The Labute approximate surface area is 138 Å². The van der Waals surface area contributed by atoms with Crippen LogP contribution < -0.4 is 0 Å². The summed E-state index contributed by atoms with van der Waals surface area (Å²) in [6.07, 6.45) is 15.3. The summed E-state index contributed by atoms with van der Waals surface area (Å²) in [6.45, 7) is 6.90. The lowest BCUT2D eigenvalue weighted by molar-refractivity contribution is -0.161. The van der Waals surface area contributed by atoms with Crippen LogP contribution in [-0.2, 0) is 4.74 Å². The second kappa shape index (κ2) is 13.9. The van der Waals surface area contributed by atoms with Gasteiger partial charge in [-0.05, 0) is 12.8 Å². The van der Waals surface area contributed by atoms with Crippen molar-refractivity contribution in [2.75, 3.05) is 6.61 Å². The van der Waals surface area contributed by atoms with Gasteiger partial charge in [0.2, 0.25) is 5.12 Å². The zero-order valence-electron chi connectivity index (χ0n) is 14.6. The molecule has 0 saturated heterocycles. The Morgan fingerprint density at radius 1 is 0.857 bits per heavy atom. The third-order valence-electron chi connectivity index (χ3n) is 4.15. The summed E-state index contributed by atoms with van der Waals surface area (Å²) in [5.41, 5.74) is 0. The zero-order chi connectivity index (χ0) is 16.0. The topological polar surface area (TPSA) is 29.5 Å². The molecule has 0 aliphatic heterocycles. The number of aliphatic hydroxyl groups is 1. The number of hydrogen-bond acceptors (Lipinski definition) is 3. The maximum atomic E-state index is 10.1. The van der Waals surface area contributed by atoms with E-state index >= 15 is 0 Å². The molecule has 0 aromatic carbocycles. The number of unbranched alkanes of at least 4 members (excludes halogenated alkanes) is 9. The summed E-state index contributed by atoms with van der Waals surface area (Å²) < 4.78 is 5.40. The van der Waals surface area contributed by atoms with E-state index in [1.807, 2.05) is 13.8 Å². The van der Waals surface area contributed by atoms with E-state index in [4.69, 9.17) is 4.74 Å². The van der Waals surface area contributed by atoms with Crippen molar-refractivity contribution in [3.63, 3.8) is 0 Å². The average molecular weight is 319 g/mol. The normalized spacial score (nSPS) is 15.9. The highest BCUT2D eigenvalue weighted by atomic mass is 32.1. The van der Waals surface area contributed by atoms with E-state index in [1.54, 1.807) is 0 Å². The van der Waals surface area contributed by atoms with Gasteiger partial charge in [0, 0.05) is 5.92 Å². The van der Waals surface area contributed by atoms with Gasteiger partial charge in [-0.2, -0.15) is 0 Å². The summed E-state index contributed by atoms with van der Waals surface area (Å²) in [5, 5.41) is 8.84. The fraction of sp³-hybridized carbons (Fsp3) is 1.00. The summed E-state index contributed by atoms with van der Waals surface area (Å²) in [5.74, 6) is 0.0847. The van der Waals surface area contributed by atoms with Crippen LogP contribution in [0.1, 0.15) is 97.8 Å². The first-order chi connectivity index (χ1) is 10.0. The van der Waals surface area contributed by atoms with Gasteiger partial charge in [-0.15, -0.1) is 12.6 Å². The largest absolute Gasteiger partial charge is 0.357 e. The Balaban J connectivity index is 3.41. The van der Waals surface area contributed by atoms with Gasteiger partial charge in [0.15, 0.2) is 0 Å². The van der Waals surface area contributed by atoms with Crippen molar-refractivity contribution in [2.24, 2.45) is 5.92 Å². The minimum absolute atomic E-state index is 0.0847. The van der Waals surface area contributed by atoms with E-state index < -0.39 is 5.12 Å². The summed E-state index contributed by atoms with van der Waals surface area (Å²) in [4.78, 5) is 0. The van der Waals surface area contributed by atoms with Crippen molar-refractivity contribution >= 4 is 12.6 Å². The standard InChI is InChI=1S/C18H38O2S/c1-4-6-7-8-9-10-11-12-13-14-15-17(3)18(19,21)20-16-5-2/h17,19,21H,4-16H2,1-3H3. The molecule has 0 heterocycles. The van der Waals surface area contributed by atoms with E-state index in [0.717, 1.165) is 19.3 Å². The Bertz CT molecular complexity index is 219. The van der Waals surface area contributed by atoms with Gasteiger partial charge in [-0.1, -0.05) is 85.0 Å². The molecule has 128 valence electrons. The minimum Gasteiger partial charge on any atom is -0.357 e. The fourth-order valence-electron chi connectivity index (χ4n) is 2.52. The molecule has 0 saturated carbocycles. The van der Waals surface area contributed by atoms with Gasteiger partial charge < -0.3 is 9.84 Å². The Morgan fingerprint density at radius 3 is 1.81 bits per heavy atom. The summed E-state index contributed by atoms with van der Waals surface area (Å²) >= 11 is 4.25. The molecule has 21 heavy (non-hydrogen) atoms. The van der Waals surface area contributed by atoms with Crippen molar-refractivity contribution in [2.45, 2.75) is 103 Å². The lowest BCUT2D eigenvalue weighted by Gasteiger charge is -2.29. The van der Waals surface area contributed by atoms with E-state index in [0.29, 0.717) is 6.61 Å². The second-order valence-corrected chi connectivity index (χ2v) is 7.02. The van der Waals surface area contributed by atoms with Crippen LogP contribution >= 0.6 is 12.6 Å². The smallest absolute Gasteiger partial charge is 0.215 e. The molecule has 2 nitrogen and oxygen atoms in total. The lowest BCUT2D eigenvalue weighted by atomic mass is 10.0. The van der Waals surface area contributed by atoms with Crippen molar-refractivity contribution in [3.8, 4) is 0 Å². The van der Waals surface area contributed by atoms with E-state index in [2.05, 4.69) is 19.6 Å². The van der Waals surface area contributed by atoms with Crippen LogP contribution in [0.25, 0.3) is 0 Å². The second-order valence-electron chi connectivity index (χ2n) is 6.38. The van der Waals surface area contributed by atoms with E-state index in [1.165, 1.54) is 57.8 Å². The molecule has 0 bridgehead atoms. The minimum atomic E-state index is -1.25. The number of thiol groups is 1. The lowest BCUT2D eigenvalue weighted by Crippen LogP contribution is -2.33. The molecule has 2 unspecified atom stereocenters. The number of rotatable bonds is 15. The van der Waals surface area contributed by atoms with Crippen molar-refractivity contribution in [1.29, 1.82) is 0 Å². The van der Waals surface area contributed by atoms with Crippen LogP contribution in [-0.4, -0.2) is 16.8 Å². The molecular formula is C18H38O2S. The molecule has 0 aliphatic rings. The average Bonchev–Trinajstić information content (AvgIpc) is 2.46. The molecule has 0 aliphatic carbocycles. The van der Waals surface area contributed by atoms with Gasteiger partial charge in [-0.3, -0.25) is 0 Å². The van der Waals surface area contributed by atoms with Gasteiger partial charge in [0.05, 0.1) is 6.61 Å². The van der Waals surface area contributed by atoms with Crippen molar-refractivity contribution in [3.05, 3.63) is 0 Å². The predicted molar refractivity (Wildman–Crippen MR) is 95.8 cm³/mol. The van der Waals surface area contributed by atoms with E-state index in [-0.39, 0.29) is 5.92 Å². The van der Waals surface area contributed by atoms with Gasteiger partial charge in [0.1, 0.15) is 0 Å². The highest BCUT2D eigenvalue weighted by Gasteiger charge is 2.29. The highest BCUT2D eigenvalue weighted by molar-refractivity contribution is 7.81. The first-order valence-corrected chi connectivity index (χ1v) is 9.58. The molecule has 0 aromatic rings. The predicted octanol–water partition coefficient (Wildman–Crippen LogP) is 5.94. The Morgan fingerprint density at radius 2 is 1.33 bits per heavy atom. The third kappa shape index (κ3) is 12.5. The first kappa shape index (κ1) is 21.3. The van der Waals surface area contributed by atoms with Crippen LogP contribution in [0.4, 0.5) is 0 Å². The molecule has 0 radical (unpaired) electrons. The maximum Gasteiger partial charge on any atom is 0.215 e. The highest BCUT2D eigenvalue weighted by Crippen LogP contribution is 2.28. The maximum absolute atomic E-state index is 10.1. The Kier molecular flexibility index (Phi) is 14.1. The van der Waals surface area contributed by atoms with Gasteiger partial charge in [-0.25, -0.2) is 0 Å². The molecule has 0 rings (SSSR count). The zero-order valence-corrected chi connectivity index (χ0v) is 15.5. The van der Waals surface area contributed by atoms with Crippen LogP contribution in [0.3, 0.4) is 0 Å². The summed E-state index contributed by atoms with van der Waals surface area (Å²) in [6, 6.07) is 0. The molecule has 0 spiro atoms. The molecule has 0 amide bonds. The van der Waals surface area contributed by atoms with Gasteiger partial charge >= 0.3 is 0 Å². The van der Waals surface area contributed by atoms with E-state index in [9.17, 15) is 5.11 Å². The van der Waals surface area contributed by atoms with Crippen LogP contribution in [0, 0.1) is 5.92 Å². The number of ether oxygens (including phenoxy) is 1. The third-order valence-corrected chi connectivity index (χ3v) is 4.72. The Hall–Kier alpha value is 0.270. The molecule has 0 fully saturated rings. The van der Waals surface area contributed by atoms with Crippen LogP contribution in [0.5, 0.6) is 0 Å². The molecule has 1 N–H and O–H groups in total. The first-order valence-electron chi connectivity index (χ1n) is 9.13. The molecular weight excluding hydrogens is 280 g/mol. The van der Waals surface area contributed by atoms with Crippen LogP contribution in [0.15, 0.2) is 0 Å².